The van der Waals surface area contributed by atoms with Crippen LogP contribution in [-0.4, -0.2) is 36.9 Å². The van der Waals surface area contributed by atoms with Gasteiger partial charge < -0.3 is 10.2 Å². The molecule has 23 heavy (non-hydrogen) atoms. The second-order valence-corrected chi connectivity index (χ2v) is 5.81. The summed E-state index contributed by atoms with van der Waals surface area (Å²) in [7, 11) is 3.51. The molecule has 0 spiro atoms. The first-order valence-electron chi connectivity index (χ1n) is 8.04. The number of nitrogens with one attached hydrogen (secondary N) is 1. The van der Waals surface area contributed by atoms with Crippen LogP contribution < -0.4 is 5.32 Å². The van der Waals surface area contributed by atoms with E-state index in [1.807, 2.05) is 26.0 Å². The van der Waals surface area contributed by atoms with Gasteiger partial charge in [-0.25, -0.2) is 0 Å². The fourth-order valence-electron chi connectivity index (χ4n) is 1.86. The highest BCUT2D eigenvalue weighted by Crippen LogP contribution is 2.06. The van der Waals surface area contributed by atoms with Gasteiger partial charge in [-0.05, 0) is 38.0 Å². The third-order valence-electron chi connectivity index (χ3n) is 3.54. The molecule has 0 fully saturated rings. The molecular formula is C19H26N2O2. The van der Waals surface area contributed by atoms with Gasteiger partial charge in [0.15, 0.2) is 0 Å². The number of hydrogen-bond donors (Lipinski definition) is 1. The molecule has 124 valence electrons. The van der Waals surface area contributed by atoms with Gasteiger partial charge in [-0.1, -0.05) is 24.8 Å². The molecule has 2 amide bonds. The van der Waals surface area contributed by atoms with Crippen LogP contribution in [0.1, 0.15) is 55.5 Å². The Kier molecular flexibility index (Phi) is 7.90. The predicted molar refractivity (Wildman–Crippen MR) is 93.1 cm³/mol. The number of benzene rings is 1. The van der Waals surface area contributed by atoms with Crippen LogP contribution in [0.15, 0.2) is 24.3 Å². The average molecular weight is 314 g/mol. The van der Waals surface area contributed by atoms with Gasteiger partial charge in [0.25, 0.3) is 5.91 Å². The van der Waals surface area contributed by atoms with Gasteiger partial charge in [0.1, 0.15) is 0 Å². The zero-order valence-electron chi connectivity index (χ0n) is 14.5. The van der Waals surface area contributed by atoms with Gasteiger partial charge in [-0.2, -0.15) is 0 Å². The minimum absolute atomic E-state index is 0.0698. The van der Waals surface area contributed by atoms with Crippen LogP contribution in [0, 0.1) is 11.8 Å². The minimum Gasteiger partial charge on any atom is -0.350 e. The molecule has 0 saturated heterocycles. The summed E-state index contributed by atoms with van der Waals surface area (Å²) in [4.78, 5) is 25.1. The fourth-order valence-corrected chi connectivity index (χ4v) is 1.86. The van der Waals surface area contributed by atoms with Crippen molar-refractivity contribution in [2.75, 3.05) is 14.1 Å². The van der Waals surface area contributed by atoms with Crippen molar-refractivity contribution in [1.82, 2.24) is 10.2 Å². The summed E-state index contributed by atoms with van der Waals surface area (Å²) in [5.41, 5.74) is 1.45. The molecule has 0 bridgehead atoms. The molecule has 0 aromatic heterocycles. The molecule has 1 atom stereocenters. The lowest BCUT2D eigenvalue weighted by Crippen LogP contribution is -2.31. The molecule has 1 aromatic rings. The van der Waals surface area contributed by atoms with E-state index in [9.17, 15) is 9.59 Å². The number of unbranched alkanes of at least 4 members (excludes halogenated alkanes) is 1. The van der Waals surface area contributed by atoms with Crippen molar-refractivity contribution in [2.24, 2.45) is 0 Å². The maximum absolute atomic E-state index is 12.1. The van der Waals surface area contributed by atoms with Crippen molar-refractivity contribution in [3.63, 3.8) is 0 Å². The molecule has 0 radical (unpaired) electrons. The summed E-state index contributed by atoms with van der Waals surface area (Å²) < 4.78 is 0. The van der Waals surface area contributed by atoms with E-state index in [0.29, 0.717) is 18.4 Å². The number of carbonyl (C=O) groups excluding carboxylic acids is 2. The first kappa shape index (κ1) is 18.8. The van der Waals surface area contributed by atoms with Crippen LogP contribution in [0.3, 0.4) is 0 Å². The molecule has 4 heteroatoms. The van der Waals surface area contributed by atoms with Gasteiger partial charge in [-0.15, -0.1) is 0 Å². The molecule has 0 aliphatic rings. The molecule has 4 nitrogen and oxygen atoms in total. The van der Waals surface area contributed by atoms with E-state index in [1.165, 1.54) is 0 Å². The SMILES string of the molecule is CCC(C)NC(=O)c1cccc(C#CCCCC(=O)N(C)C)c1. The Bertz CT molecular complexity index is 597. The Morgan fingerprint density at radius 2 is 2.04 bits per heavy atom. The predicted octanol–water partition coefficient (Wildman–Crippen LogP) is 2.82. The van der Waals surface area contributed by atoms with Crippen LogP contribution >= 0.6 is 0 Å². The van der Waals surface area contributed by atoms with Crippen molar-refractivity contribution >= 4 is 11.8 Å². The topological polar surface area (TPSA) is 49.4 Å². The third-order valence-corrected chi connectivity index (χ3v) is 3.54. The van der Waals surface area contributed by atoms with E-state index in [1.54, 1.807) is 31.1 Å². The van der Waals surface area contributed by atoms with E-state index >= 15 is 0 Å². The van der Waals surface area contributed by atoms with Gasteiger partial charge in [0, 0.05) is 44.1 Å². The normalized spacial score (nSPS) is 11.1. The third kappa shape index (κ3) is 7.01. The quantitative estimate of drug-likeness (QED) is 0.648. The van der Waals surface area contributed by atoms with Gasteiger partial charge in [0.2, 0.25) is 5.91 Å². The molecule has 1 aromatic carbocycles. The number of carbonyl (C=O) groups is 2. The Morgan fingerprint density at radius 1 is 1.30 bits per heavy atom. The molecular weight excluding hydrogens is 288 g/mol. The number of amides is 2. The highest BCUT2D eigenvalue weighted by atomic mass is 16.2. The van der Waals surface area contributed by atoms with E-state index < -0.39 is 0 Å². The van der Waals surface area contributed by atoms with E-state index in [0.717, 1.165) is 18.4 Å². The first-order chi connectivity index (χ1) is 10.9. The second-order valence-electron chi connectivity index (χ2n) is 5.81. The van der Waals surface area contributed by atoms with Crippen molar-refractivity contribution in [3.05, 3.63) is 35.4 Å². The van der Waals surface area contributed by atoms with E-state index in [4.69, 9.17) is 0 Å². The summed E-state index contributed by atoms with van der Waals surface area (Å²) >= 11 is 0. The highest BCUT2D eigenvalue weighted by molar-refractivity contribution is 5.94. The minimum atomic E-state index is -0.0698. The zero-order chi connectivity index (χ0) is 17.2. The highest BCUT2D eigenvalue weighted by Gasteiger charge is 2.08. The van der Waals surface area contributed by atoms with Crippen molar-refractivity contribution in [1.29, 1.82) is 0 Å². The number of hydrogen-bond acceptors (Lipinski definition) is 2. The maximum Gasteiger partial charge on any atom is 0.251 e. The first-order valence-corrected chi connectivity index (χ1v) is 8.04. The Balaban J connectivity index is 2.56. The van der Waals surface area contributed by atoms with Crippen molar-refractivity contribution in [3.8, 4) is 11.8 Å². The summed E-state index contributed by atoms with van der Waals surface area (Å²) in [6.45, 7) is 4.02. The van der Waals surface area contributed by atoms with Crippen molar-refractivity contribution in [2.45, 2.75) is 45.6 Å². The lowest BCUT2D eigenvalue weighted by Gasteiger charge is -2.11. The van der Waals surface area contributed by atoms with E-state index in [2.05, 4.69) is 17.2 Å². The van der Waals surface area contributed by atoms with Crippen LogP contribution in [0.2, 0.25) is 0 Å². The standard InChI is InChI=1S/C19H26N2O2/c1-5-15(2)20-19(23)17-12-9-11-16(14-17)10-7-6-8-13-18(22)21(3)4/h9,11-12,14-15H,5-6,8,13H2,1-4H3,(H,20,23). The molecule has 1 rings (SSSR count). The van der Waals surface area contributed by atoms with Crippen molar-refractivity contribution < 1.29 is 9.59 Å². The summed E-state index contributed by atoms with van der Waals surface area (Å²) in [5.74, 6) is 6.17. The van der Waals surface area contributed by atoms with Crippen LogP contribution in [0.5, 0.6) is 0 Å². The largest absolute Gasteiger partial charge is 0.350 e. The summed E-state index contributed by atoms with van der Waals surface area (Å²) in [6, 6.07) is 7.48. The van der Waals surface area contributed by atoms with Crippen LogP contribution in [0.25, 0.3) is 0 Å². The average Bonchev–Trinajstić information content (AvgIpc) is 2.54. The lowest BCUT2D eigenvalue weighted by atomic mass is 10.1. The monoisotopic (exact) mass is 314 g/mol. The molecule has 1 unspecified atom stereocenters. The zero-order valence-corrected chi connectivity index (χ0v) is 14.5. The van der Waals surface area contributed by atoms with Gasteiger partial charge in [0.05, 0.1) is 0 Å². The molecule has 0 saturated carbocycles. The smallest absolute Gasteiger partial charge is 0.251 e. The van der Waals surface area contributed by atoms with E-state index in [-0.39, 0.29) is 17.9 Å². The Morgan fingerprint density at radius 3 is 2.70 bits per heavy atom. The molecule has 0 aliphatic carbocycles. The van der Waals surface area contributed by atoms with Crippen LogP contribution in [0.4, 0.5) is 0 Å². The molecule has 1 N–H and O–H groups in total. The Labute approximate surface area is 139 Å². The van der Waals surface area contributed by atoms with Crippen LogP contribution in [-0.2, 0) is 4.79 Å². The Hall–Kier alpha value is -2.28. The number of nitrogens with zero attached hydrogens (tertiary/aromatic N) is 1. The maximum atomic E-state index is 12.1. The fraction of sp³-hybridized carbons (Fsp3) is 0.474. The molecule has 0 heterocycles. The van der Waals surface area contributed by atoms with Gasteiger partial charge >= 0.3 is 0 Å². The summed E-state index contributed by atoms with van der Waals surface area (Å²) in [6.07, 6.45) is 2.83. The second kappa shape index (κ2) is 9.68. The summed E-state index contributed by atoms with van der Waals surface area (Å²) in [5, 5.41) is 2.94. The van der Waals surface area contributed by atoms with Gasteiger partial charge in [-0.3, -0.25) is 9.59 Å². The lowest BCUT2D eigenvalue weighted by molar-refractivity contribution is -0.128. The molecule has 0 aliphatic heterocycles. The number of rotatable bonds is 6.